The van der Waals surface area contributed by atoms with Gasteiger partial charge in [0.15, 0.2) is 0 Å². The zero-order valence-corrected chi connectivity index (χ0v) is 14.1. The molecule has 0 atom stereocenters. The molecule has 0 aromatic heterocycles. The van der Waals surface area contributed by atoms with Crippen molar-refractivity contribution in [1.29, 1.82) is 0 Å². The average molecular weight is 308 g/mol. The van der Waals surface area contributed by atoms with E-state index in [9.17, 15) is 4.79 Å². The van der Waals surface area contributed by atoms with E-state index in [2.05, 4.69) is 16.4 Å². The van der Waals surface area contributed by atoms with E-state index in [0.717, 1.165) is 31.9 Å². The van der Waals surface area contributed by atoms with Gasteiger partial charge in [-0.2, -0.15) is 0 Å². The molecule has 0 saturated carbocycles. The molecule has 21 heavy (non-hydrogen) atoms. The fourth-order valence-electron chi connectivity index (χ4n) is 2.24. The molecule has 1 aliphatic rings. The fraction of sp³-hybridized carbons (Fsp3) is 0.562. The van der Waals surface area contributed by atoms with Gasteiger partial charge in [0, 0.05) is 36.5 Å². The van der Waals surface area contributed by atoms with Crippen LogP contribution < -0.4 is 4.74 Å². The van der Waals surface area contributed by atoms with Crippen LogP contribution in [0.3, 0.4) is 0 Å². The van der Waals surface area contributed by atoms with Crippen molar-refractivity contribution in [3.8, 4) is 5.75 Å². The van der Waals surface area contributed by atoms with Crippen molar-refractivity contribution in [2.45, 2.75) is 25.7 Å². The minimum Gasteiger partial charge on any atom is -0.497 e. The van der Waals surface area contributed by atoms with Gasteiger partial charge >= 0.3 is 0 Å². The number of amides is 1. The molecule has 0 unspecified atom stereocenters. The maximum atomic E-state index is 12.2. The molecule has 0 N–H and O–H groups in total. The molecular weight excluding hydrogens is 284 g/mol. The van der Waals surface area contributed by atoms with Gasteiger partial charge in [-0.05, 0) is 36.2 Å². The van der Waals surface area contributed by atoms with Crippen LogP contribution in [0.25, 0.3) is 0 Å². The molecule has 0 bridgehead atoms. The summed E-state index contributed by atoms with van der Waals surface area (Å²) in [6.07, 6.45) is 0. The van der Waals surface area contributed by atoms with Crippen molar-refractivity contribution in [1.82, 2.24) is 9.21 Å². The quantitative estimate of drug-likeness (QED) is 0.804. The second kappa shape index (κ2) is 6.71. The smallest absolute Gasteiger partial charge is 0.228 e. The lowest BCUT2D eigenvalue weighted by molar-refractivity contribution is -0.140. The van der Waals surface area contributed by atoms with E-state index < -0.39 is 0 Å². The number of carbonyl (C=O) groups is 1. The third-order valence-electron chi connectivity index (χ3n) is 3.46. The zero-order chi connectivity index (χ0) is 15.5. The summed E-state index contributed by atoms with van der Waals surface area (Å²) in [4.78, 5) is 15.4. The van der Waals surface area contributed by atoms with Crippen LogP contribution in [0.4, 0.5) is 0 Å². The Morgan fingerprint density at radius 2 is 1.67 bits per heavy atom. The van der Waals surface area contributed by atoms with Crippen LogP contribution in [0.5, 0.6) is 5.75 Å². The Morgan fingerprint density at radius 1 is 1.10 bits per heavy atom. The van der Waals surface area contributed by atoms with Crippen LogP contribution in [0, 0.1) is 5.41 Å². The van der Waals surface area contributed by atoms with Gasteiger partial charge in [-0.1, -0.05) is 20.8 Å². The summed E-state index contributed by atoms with van der Waals surface area (Å²) in [6.45, 7) is 9.35. The van der Waals surface area contributed by atoms with Gasteiger partial charge in [0.05, 0.1) is 7.11 Å². The maximum Gasteiger partial charge on any atom is 0.228 e. The average Bonchev–Trinajstić information content (AvgIpc) is 2.47. The van der Waals surface area contributed by atoms with Gasteiger partial charge in [-0.3, -0.25) is 4.79 Å². The summed E-state index contributed by atoms with van der Waals surface area (Å²) in [5.74, 6) is 1.12. The molecule has 0 radical (unpaired) electrons. The van der Waals surface area contributed by atoms with Gasteiger partial charge < -0.3 is 9.64 Å². The highest BCUT2D eigenvalue weighted by atomic mass is 32.2. The second-order valence-corrected chi connectivity index (χ2v) is 7.41. The molecule has 1 amide bonds. The molecule has 5 heteroatoms. The highest BCUT2D eigenvalue weighted by molar-refractivity contribution is 7.97. The van der Waals surface area contributed by atoms with E-state index in [-0.39, 0.29) is 11.3 Å². The number of carbonyl (C=O) groups excluding carboxylic acids is 1. The molecule has 116 valence electrons. The number of rotatable bonds is 3. The minimum atomic E-state index is -0.286. The van der Waals surface area contributed by atoms with Gasteiger partial charge in [0.1, 0.15) is 5.75 Å². The Morgan fingerprint density at radius 3 is 2.14 bits per heavy atom. The van der Waals surface area contributed by atoms with Crippen LogP contribution >= 0.6 is 11.9 Å². The molecule has 0 aliphatic carbocycles. The monoisotopic (exact) mass is 308 g/mol. The Bertz CT molecular complexity index is 474. The van der Waals surface area contributed by atoms with E-state index in [4.69, 9.17) is 4.74 Å². The highest BCUT2D eigenvalue weighted by Gasteiger charge is 2.29. The standard InChI is InChI=1S/C16H24N2O2S/c1-16(2,3)15(19)17-9-11-18(12-10-17)21-14-7-5-13(20-4)6-8-14/h5-8H,9-12H2,1-4H3. The lowest BCUT2D eigenvalue weighted by Crippen LogP contribution is -2.49. The maximum absolute atomic E-state index is 12.2. The third-order valence-corrected chi connectivity index (χ3v) is 4.57. The van der Waals surface area contributed by atoms with E-state index in [1.165, 1.54) is 4.90 Å². The lowest BCUT2D eigenvalue weighted by atomic mass is 9.94. The van der Waals surface area contributed by atoms with Crippen LogP contribution in [0.15, 0.2) is 29.2 Å². The van der Waals surface area contributed by atoms with E-state index in [0.29, 0.717) is 0 Å². The topological polar surface area (TPSA) is 32.8 Å². The summed E-state index contributed by atoms with van der Waals surface area (Å²) in [5, 5.41) is 0. The third kappa shape index (κ3) is 4.38. The molecule has 1 heterocycles. The van der Waals surface area contributed by atoms with Crippen molar-refractivity contribution >= 4 is 17.9 Å². The number of ether oxygens (including phenoxy) is 1. The summed E-state index contributed by atoms with van der Waals surface area (Å²) < 4.78 is 7.48. The Balaban J connectivity index is 1.85. The summed E-state index contributed by atoms with van der Waals surface area (Å²) in [5.41, 5.74) is -0.286. The predicted molar refractivity (Wildman–Crippen MR) is 86.5 cm³/mol. The second-order valence-electron chi connectivity index (χ2n) is 6.24. The van der Waals surface area contributed by atoms with Crippen molar-refractivity contribution in [3.63, 3.8) is 0 Å². The number of methoxy groups -OCH3 is 1. The van der Waals surface area contributed by atoms with Crippen molar-refractivity contribution in [2.24, 2.45) is 5.41 Å². The number of hydrogen-bond donors (Lipinski definition) is 0. The fourth-order valence-corrected chi connectivity index (χ4v) is 3.14. The largest absolute Gasteiger partial charge is 0.497 e. The molecule has 1 aromatic carbocycles. The predicted octanol–water partition coefficient (Wildman–Crippen LogP) is 2.89. The van der Waals surface area contributed by atoms with Gasteiger partial charge in [0.2, 0.25) is 5.91 Å². The van der Waals surface area contributed by atoms with E-state index in [1.807, 2.05) is 37.8 Å². The SMILES string of the molecule is COc1ccc(SN2CCN(C(=O)C(C)(C)C)CC2)cc1. The normalized spacial score (nSPS) is 16.9. The minimum absolute atomic E-state index is 0.247. The summed E-state index contributed by atoms with van der Waals surface area (Å²) in [7, 11) is 1.67. The number of piperazine rings is 1. The van der Waals surface area contributed by atoms with Crippen molar-refractivity contribution in [2.75, 3.05) is 33.3 Å². The van der Waals surface area contributed by atoms with Crippen LogP contribution in [0.1, 0.15) is 20.8 Å². The number of benzene rings is 1. The molecule has 0 spiro atoms. The molecular formula is C16H24N2O2S. The molecule has 1 aromatic rings. The first-order valence-electron chi connectivity index (χ1n) is 7.26. The van der Waals surface area contributed by atoms with Crippen LogP contribution in [0.2, 0.25) is 0 Å². The summed E-state index contributed by atoms with van der Waals surface area (Å²) >= 11 is 1.74. The van der Waals surface area contributed by atoms with Crippen molar-refractivity contribution < 1.29 is 9.53 Å². The molecule has 1 fully saturated rings. The Hall–Kier alpha value is -1.20. The van der Waals surface area contributed by atoms with Crippen LogP contribution in [-0.2, 0) is 4.79 Å². The molecule has 1 aliphatic heterocycles. The number of nitrogens with zero attached hydrogens (tertiary/aromatic N) is 2. The van der Waals surface area contributed by atoms with Crippen molar-refractivity contribution in [3.05, 3.63) is 24.3 Å². The lowest BCUT2D eigenvalue weighted by Gasteiger charge is -2.37. The zero-order valence-electron chi connectivity index (χ0n) is 13.3. The highest BCUT2D eigenvalue weighted by Crippen LogP contribution is 2.27. The Kier molecular flexibility index (Phi) is 5.17. The van der Waals surface area contributed by atoms with Crippen LogP contribution in [-0.4, -0.2) is 48.4 Å². The Labute approximate surface area is 131 Å². The molecule has 4 nitrogen and oxygen atoms in total. The number of hydrogen-bond acceptors (Lipinski definition) is 4. The van der Waals surface area contributed by atoms with Gasteiger partial charge in [-0.25, -0.2) is 4.31 Å². The van der Waals surface area contributed by atoms with Gasteiger partial charge in [0.25, 0.3) is 0 Å². The first-order valence-corrected chi connectivity index (χ1v) is 8.04. The first-order chi connectivity index (χ1) is 9.90. The van der Waals surface area contributed by atoms with Gasteiger partial charge in [-0.15, -0.1) is 0 Å². The van der Waals surface area contributed by atoms with E-state index in [1.54, 1.807) is 19.1 Å². The van der Waals surface area contributed by atoms with E-state index >= 15 is 0 Å². The molecule has 2 rings (SSSR count). The summed E-state index contributed by atoms with van der Waals surface area (Å²) in [6, 6.07) is 8.08. The molecule has 1 saturated heterocycles. The first kappa shape index (κ1) is 16.2.